The summed E-state index contributed by atoms with van der Waals surface area (Å²) in [5.41, 5.74) is 1.06. The molecule has 0 radical (unpaired) electrons. The van der Waals surface area contributed by atoms with Crippen LogP contribution in [-0.4, -0.2) is 23.2 Å². The maximum absolute atomic E-state index is 4.00. The van der Waals surface area contributed by atoms with Crippen LogP contribution in [0.2, 0.25) is 0 Å². The first-order valence-electron chi connectivity index (χ1n) is 2.76. The third-order valence-electron chi connectivity index (χ3n) is 0.974. The fourth-order valence-corrected chi connectivity index (χ4v) is 0.621. The Morgan fingerprint density at radius 2 is 2.56 bits per heavy atom. The number of hydrogen-bond acceptors (Lipinski definition) is 2. The average molecular weight is 123 g/mol. The Bertz CT molecular complexity index is 212. The standard InChI is InChI=1S/C6H9N3/c1-5-3-8-6(9-5)4-7-2/h3-4H,1-2H3,(H,8,9). The molecule has 0 saturated heterocycles. The summed E-state index contributed by atoms with van der Waals surface area (Å²) in [5.74, 6) is 0.815. The third-order valence-corrected chi connectivity index (χ3v) is 0.974. The van der Waals surface area contributed by atoms with Crippen LogP contribution < -0.4 is 0 Å². The van der Waals surface area contributed by atoms with Crippen LogP contribution in [0.1, 0.15) is 11.5 Å². The zero-order valence-corrected chi connectivity index (χ0v) is 5.55. The molecule has 1 aromatic heterocycles. The second-order valence-electron chi connectivity index (χ2n) is 1.84. The van der Waals surface area contributed by atoms with Gasteiger partial charge in [-0.05, 0) is 6.92 Å². The first-order chi connectivity index (χ1) is 4.33. The number of rotatable bonds is 1. The van der Waals surface area contributed by atoms with Crippen molar-refractivity contribution in [2.75, 3.05) is 7.05 Å². The van der Waals surface area contributed by atoms with Crippen LogP contribution in [0.15, 0.2) is 11.2 Å². The number of hydrogen-bond donors (Lipinski definition) is 1. The Morgan fingerprint density at radius 1 is 1.78 bits per heavy atom. The van der Waals surface area contributed by atoms with E-state index >= 15 is 0 Å². The molecule has 3 nitrogen and oxygen atoms in total. The predicted octanol–water partition coefficient (Wildman–Crippen LogP) is 0.767. The van der Waals surface area contributed by atoms with E-state index in [1.54, 1.807) is 19.5 Å². The van der Waals surface area contributed by atoms with Crippen LogP contribution in [0, 0.1) is 6.92 Å². The van der Waals surface area contributed by atoms with Gasteiger partial charge in [0.25, 0.3) is 0 Å². The summed E-state index contributed by atoms with van der Waals surface area (Å²) < 4.78 is 0. The minimum Gasteiger partial charge on any atom is -0.341 e. The Kier molecular flexibility index (Phi) is 1.63. The largest absolute Gasteiger partial charge is 0.341 e. The topological polar surface area (TPSA) is 41.0 Å². The molecule has 1 rings (SSSR count). The lowest BCUT2D eigenvalue weighted by Crippen LogP contribution is -1.82. The van der Waals surface area contributed by atoms with E-state index in [4.69, 9.17) is 0 Å². The second kappa shape index (κ2) is 2.44. The van der Waals surface area contributed by atoms with E-state index in [2.05, 4.69) is 15.0 Å². The molecule has 0 unspecified atom stereocenters. The molecule has 9 heavy (non-hydrogen) atoms. The monoisotopic (exact) mass is 123 g/mol. The maximum atomic E-state index is 4.00. The number of imidazole rings is 1. The SMILES string of the molecule is CN=Cc1ncc(C)[nH]1. The quantitative estimate of drug-likeness (QED) is 0.550. The minimum absolute atomic E-state index is 0.815. The molecule has 1 heterocycles. The van der Waals surface area contributed by atoms with Gasteiger partial charge in [-0.1, -0.05) is 0 Å². The van der Waals surface area contributed by atoms with Crippen LogP contribution in [0.25, 0.3) is 0 Å². The van der Waals surface area contributed by atoms with E-state index in [9.17, 15) is 0 Å². The minimum atomic E-state index is 0.815. The molecule has 0 amide bonds. The maximum Gasteiger partial charge on any atom is 0.148 e. The lowest BCUT2D eigenvalue weighted by Gasteiger charge is -1.78. The van der Waals surface area contributed by atoms with Gasteiger partial charge in [-0.15, -0.1) is 0 Å². The Hall–Kier alpha value is -1.12. The molecule has 0 bridgehead atoms. The van der Waals surface area contributed by atoms with Gasteiger partial charge in [0.05, 0.1) is 6.21 Å². The van der Waals surface area contributed by atoms with Gasteiger partial charge < -0.3 is 4.98 Å². The molecule has 48 valence electrons. The number of nitrogens with zero attached hydrogens (tertiary/aromatic N) is 2. The average Bonchev–Trinajstić information content (AvgIpc) is 2.17. The summed E-state index contributed by atoms with van der Waals surface area (Å²) in [5, 5.41) is 0. The van der Waals surface area contributed by atoms with Gasteiger partial charge in [0.1, 0.15) is 5.82 Å². The highest BCUT2D eigenvalue weighted by Gasteiger charge is 1.88. The van der Waals surface area contributed by atoms with E-state index in [1.165, 1.54) is 0 Å². The van der Waals surface area contributed by atoms with E-state index < -0.39 is 0 Å². The van der Waals surface area contributed by atoms with Gasteiger partial charge in [-0.25, -0.2) is 4.98 Å². The van der Waals surface area contributed by atoms with Gasteiger partial charge in [-0.3, -0.25) is 4.99 Å². The van der Waals surface area contributed by atoms with E-state index in [0.717, 1.165) is 11.5 Å². The Morgan fingerprint density at radius 3 is 3.00 bits per heavy atom. The van der Waals surface area contributed by atoms with Crippen molar-refractivity contribution in [1.82, 2.24) is 9.97 Å². The summed E-state index contributed by atoms with van der Waals surface area (Å²) in [6.07, 6.45) is 3.46. The summed E-state index contributed by atoms with van der Waals surface area (Å²) in [7, 11) is 1.72. The lowest BCUT2D eigenvalue weighted by molar-refractivity contribution is 1.22. The molecule has 1 N–H and O–H groups in total. The van der Waals surface area contributed by atoms with Gasteiger partial charge >= 0.3 is 0 Å². The van der Waals surface area contributed by atoms with Crippen LogP contribution >= 0.6 is 0 Å². The number of aromatic amines is 1. The third kappa shape index (κ3) is 1.38. The van der Waals surface area contributed by atoms with Gasteiger partial charge in [0, 0.05) is 18.9 Å². The highest BCUT2D eigenvalue weighted by atomic mass is 14.9. The molecule has 0 atom stereocenters. The summed E-state index contributed by atoms with van der Waals surface area (Å²) >= 11 is 0. The van der Waals surface area contributed by atoms with E-state index in [0.29, 0.717) is 0 Å². The van der Waals surface area contributed by atoms with Crippen molar-refractivity contribution in [3.63, 3.8) is 0 Å². The van der Waals surface area contributed by atoms with Crippen LogP contribution in [0.5, 0.6) is 0 Å². The molecule has 0 spiro atoms. The first-order valence-corrected chi connectivity index (χ1v) is 2.76. The van der Waals surface area contributed by atoms with Gasteiger partial charge in [0.2, 0.25) is 0 Å². The fourth-order valence-electron chi connectivity index (χ4n) is 0.621. The number of aliphatic imine (C=N–C) groups is 1. The molecule has 0 saturated carbocycles. The molecular weight excluding hydrogens is 114 g/mol. The highest BCUT2D eigenvalue weighted by molar-refractivity contribution is 5.74. The lowest BCUT2D eigenvalue weighted by atomic mass is 10.6. The molecule has 0 aliphatic rings. The summed E-state index contributed by atoms with van der Waals surface area (Å²) in [6, 6.07) is 0. The first kappa shape index (κ1) is 6.01. The van der Waals surface area contributed by atoms with Crippen LogP contribution in [0.3, 0.4) is 0 Å². The number of aryl methyl sites for hydroxylation is 1. The summed E-state index contributed by atoms with van der Waals surface area (Å²) in [6.45, 7) is 1.96. The van der Waals surface area contributed by atoms with E-state index in [1.807, 2.05) is 6.92 Å². The van der Waals surface area contributed by atoms with Crippen LogP contribution in [0.4, 0.5) is 0 Å². The van der Waals surface area contributed by atoms with Gasteiger partial charge in [-0.2, -0.15) is 0 Å². The predicted molar refractivity (Wildman–Crippen MR) is 36.8 cm³/mol. The second-order valence-corrected chi connectivity index (χ2v) is 1.84. The summed E-state index contributed by atoms with van der Waals surface area (Å²) in [4.78, 5) is 10.8. The zero-order chi connectivity index (χ0) is 6.69. The van der Waals surface area contributed by atoms with Crippen molar-refractivity contribution in [3.05, 3.63) is 17.7 Å². The number of H-pyrrole nitrogens is 1. The zero-order valence-electron chi connectivity index (χ0n) is 5.55. The highest BCUT2D eigenvalue weighted by Crippen LogP contribution is 1.89. The van der Waals surface area contributed by atoms with Crippen molar-refractivity contribution >= 4 is 6.21 Å². The van der Waals surface area contributed by atoms with Crippen molar-refractivity contribution in [1.29, 1.82) is 0 Å². The van der Waals surface area contributed by atoms with Crippen LogP contribution in [-0.2, 0) is 0 Å². The van der Waals surface area contributed by atoms with Crippen molar-refractivity contribution in [2.45, 2.75) is 6.92 Å². The molecule has 1 aromatic rings. The van der Waals surface area contributed by atoms with Crippen molar-refractivity contribution < 1.29 is 0 Å². The molecule has 0 fully saturated rings. The fraction of sp³-hybridized carbons (Fsp3) is 0.333. The molecule has 3 heteroatoms. The number of nitrogens with one attached hydrogen (secondary N) is 1. The molecule has 0 aliphatic heterocycles. The van der Waals surface area contributed by atoms with Gasteiger partial charge in [0.15, 0.2) is 0 Å². The number of aromatic nitrogens is 2. The molecular formula is C6H9N3. The van der Waals surface area contributed by atoms with E-state index in [-0.39, 0.29) is 0 Å². The van der Waals surface area contributed by atoms with Crippen molar-refractivity contribution in [3.8, 4) is 0 Å². The Labute approximate surface area is 53.9 Å². The molecule has 0 aromatic carbocycles. The molecule has 0 aliphatic carbocycles. The Balaban J connectivity index is 2.85. The normalized spacial score (nSPS) is 10.9. The van der Waals surface area contributed by atoms with Crippen molar-refractivity contribution in [2.24, 2.45) is 4.99 Å². The smallest absolute Gasteiger partial charge is 0.148 e.